The minimum absolute atomic E-state index is 0.218. The van der Waals surface area contributed by atoms with Crippen LogP contribution in [0.2, 0.25) is 5.02 Å². The molecule has 2 aromatic rings. The van der Waals surface area contributed by atoms with Crippen LogP contribution < -0.4 is 19.5 Å². The van der Waals surface area contributed by atoms with E-state index in [0.29, 0.717) is 45.4 Å². The van der Waals surface area contributed by atoms with Gasteiger partial charge in [-0.15, -0.1) is 0 Å². The minimum Gasteiger partial charge on any atom is -0.493 e. The van der Waals surface area contributed by atoms with Gasteiger partial charge in [0, 0.05) is 6.42 Å². The fourth-order valence-electron chi connectivity index (χ4n) is 2.81. The van der Waals surface area contributed by atoms with Gasteiger partial charge in [0.15, 0.2) is 11.5 Å². The summed E-state index contributed by atoms with van der Waals surface area (Å²) in [7, 11) is 1.55. The fraction of sp³-hybridized carbons (Fsp3) is 0.273. The number of ether oxygens (including phenoxy) is 3. The molecule has 5 nitrogen and oxygen atoms in total. The monoisotopic (exact) mass is 463 g/mol. The molecule has 1 saturated heterocycles. The number of halogens is 1. The van der Waals surface area contributed by atoms with E-state index < -0.39 is 0 Å². The van der Waals surface area contributed by atoms with Crippen LogP contribution in [0.4, 0.5) is 0 Å². The largest absolute Gasteiger partial charge is 0.493 e. The molecule has 0 aliphatic carbocycles. The third-order valence-corrected chi connectivity index (χ3v) is 5.77. The van der Waals surface area contributed by atoms with Crippen LogP contribution in [0, 0.1) is 13.8 Å². The van der Waals surface area contributed by atoms with Crippen molar-refractivity contribution in [3.63, 3.8) is 0 Å². The van der Waals surface area contributed by atoms with Crippen LogP contribution in [0.25, 0.3) is 6.08 Å². The molecule has 0 atom stereocenters. The number of methoxy groups -OCH3 is 1. The summed E-state index contributed by atoms with van der Waals surface area (Å²) in [6.45, 7) is 5.01. The molecule has 0 bridgehead atoms. The summed E-state index contributed by atoms with van der Waals surface area (Å²) in [5, 5.41) is 2.99. The Labute approximate surface area is 190 Å². The number of aryl methyl sites for hydroxylation is 2. The van der Waals surface area contributed by atoms with Gasteiger partial charge in [0.25, 0.3) is 5.91 Å². The van der Waals surface area contributed by atoms with E-state index in [2.05, 4.69) is 11.4 Å². The van der Waals surface area contributed by atoms with Crippen molar-refractivity contribution in [1.29, 1.82) is 0 Å². The Morgan fingerprint density at radius 2 is 1.90 bits per heavy atom. The quantitative estimate of drug-likeness (QED) is 0.325. The highest BCUT2D eigenvalue weighted by molar-refractivity contribution is 8.26. The number of thiocarbonyl (C=S) groups is 1. The normalized spacial score (nSPS) is 14.7. The molecule has 30 heavy (non-hydrogen) atoms. The van der Waals surface area contributed by atoms with Crippen LogP contribution in [0.5, 0.6) is 17.2 Å². The molecule has 1 aliphatic heterocycles. The van der Waals surface area contributed by atoms with Crippen molar-refractivity contribution in [2.75, 3.05) is 20.3 Å². The van der Waals surface area contributed by atoms with Crippen molar-refractivity contribution >= 4 is 51.9 Å². The highest BCUT2D eigenvalue weighted by atomic mass is 35.5. The molecule has 3 rings (SSSR count). The van der Waals surface area contributed by atoms with E-state index in [0.717, 1.165) is 22.4 Å². The van der Waals surface area contributed by atoms with Crippen LogP contribution in [-0.2, 0) is 4.79 Å². The number of amides is 1. The van der Waals surface area contributed by atoms with Crippen LogP contribution in [0.15, 0.2) is 35.2 Å². The number of carbonyl (C=O) groups excluding carboxylic acids is 1. The van der Waals surface area contributed by atoms with Crippen molar-refractivity contribution in [3.8, 4) is 17.2 Å². The van der Waals surface area contributed by atoms with Gasteiger partial charge in [-0.25, -0.2) is 0 Å². The zero-order valence-corrected chi connectivity index (χ0v) is 19.3. The highest BCUT2D eigenvalue weighted by Crippen LogP contribution is 2.38. The van der Waals surface area contributed by atoms with Gasteiger partial charge >= 0.3 is 0 Å². The van der Waals surface area contributed by atoms with Crippen LogP contribution >= 0.6 is 35.6 Å². The summed E-state index contributed by atoms with van der Waals surface area (Å²) >= 11 is 12.6. The number of benzene rings is 2. The van der Waals surface area contributed by atoms with Gasteiger partial charge in [-0.1, -0.05) is 47.7 Å². The van der Waals surface area contributed by atoms with Crippen molar-refractivity contribution in [2.24, 2.45) is 0 Å². The summed E-state index contributed by atoms with van der Waals surface area (Å²) in [5.41, 5.74) is 2.99. The Kier molecular flexibility index (Phi) is 7.64. The number of thioether (sulfide) groups is 1. The lowest BCUT2D eigenvalue weighted by Crippen LogP contribution is -2.17. The smallest absolute Gasteiger partial charge is 0.263 e. The minimum atomic E-state index is -0.218. The first-order chi connectivity index (χ1) is 14.4. The second-order valence-electron chi connectivity index (χ2n) is 6.71. The molecule has 0 unspecified atom stereocenters. The van der Waals surface area contributed by atoms with E-state index >= 15 is 0 Å². The van der Waals surface area contributed by atoms with Gasteiger partial charge in [0.05, 0.1) is 30.3 Å². The lowest BCUT2D eigenvalue weighted by atomic mass is 10.1. The molecular weight excluding hydrogens is 442 g/mol. The number of carbonyl (C=O) groups is 1. The molecule has 2 aromatic carbocycles. The van der Waals surface area contributed by atoms with Gasteiger partial charge in [0.2, 0.25) is 0 Å². The lowest BCUT2D eigenvalue weighted by Gasteiger charge is -2.14. The first kappa shape index (κ1) is 22.5. The van der Waals surface area contributed by atoms with E-state index in [-0.39, 0.29) is 5.91 Å². The van der Waals surface area contributed by atoms with Gasteiger partial charge in [-0.2, -0.15) is 0 Å². The Hall–Kier alpha value is -2.22. The maximum atomic E-state index is 11.9. The van der Waals surface area contributed by atoms with Crippen LogP contribution in [-0.4, -0.2) is 30.6 Å². The molecule has 1 N–H and O–H groups in total. The third kappa shape index (κ3) is 5.68. The zero-order chi connectivity index (χ0) is 21.7. The SMILES string of the molecule is COc1cc(/C=C2/SC(=S)NC2=O)cc(Cl)c1OCCCOc1cc(C)ccc1C. The summed E-state index contributed by atoms with van der Waals surface area (Å²) < 4.78 is 17.6. The van der Waals surface area contributed by atoms with Crippen molar-refractivity contribution in [1.82, 2.24) is 5.32 Å². The topological polar surface area (TPSA) is 56.8 Å². The Balaban J connectivity index is 1.60. The Morgan fingerprint density at radius 3 is 2.60 bits per heavy atom. The molecule has 1 amide bonds. The second kappa shape index (κ2) is 10.2. The van der Waals surface area contributed by atoms with E-state index in [4.69, 9.17) is 38.0 Å². The molecule has 0 radical (unpaired) electrons. The molecule has 1 fully saturated rings. The second-order valence-corrected chi connectivity index (χ2v) is 8.83. The molecule has 0 aromatic heterocycles. The molecule has 158 valence electrons. The number of rotatable bonds is 8. The van der Waals surface area contributed by atoms with E-state index in [1.807, 2.05) is 26.0 Å². The van der Waals surface area contributed by atoms with Gasteiger partial charge < -0.3 is 19.5 Å². The standard InChI is InChI=1S/C22H22ClNO4S2/c1-13-5-6-14(2)17(9-13)27-7-4-8-28-20-16(23)10-15(11-18(20)26-3)12-19-21(25)24-22(29)30-19/h5-6,9-12H,4,7-8H2,1-3H3,(H,24,25,29)/b19-12+. The maximum Gasteiger partial charge on any atom is 0.263 e. The summed E-state index contributed by atoms with van der Waals surface area (Å²) in [6.07, 6.45) is 2.41. The molecular formula is C22H22ClNO4S2. The van der Waals surface area contributed by atoms with Gasteiger partial charge in [0.1, 0.15) is 10.1 Å². The van der Waals surface area contributed by atoms with Gasteiger partial charge in [-0.3, -0.25) is 4.79 Å². The number of nitrogens with one attached hydrogen (secondary N) is 1. The molecule has 0 spiro atoms. The molecule has 1 aliphatic rings. The van der Waals surface area contributed by atoms with Crippen molar-refractivity contribution < 1.29 is 19.0 Å². The third-order valence-electron chi connectivity index (χ3n) is 4.33. The van der Waals surface area contributed by atoms with E-state index in [1.165, 1.54) is 11.8 Å². The lowest BCUT2D eigenvalue weighted by molar-refractivity contribution is -0.115. The average Bonchev–Trinajstić information content (AvgIpc) is 3.01. The predicted octanol–water partition coefficient (Wildman–Crippen LogP) is 5.30. The number of hydrogen-bond acceptors (Lipinski definition) is 6. The zero-order valence-electron chi connectivity index (χ0n) is 16.9. The highest BCUT2D eigenvalue weighted by Gasteiger charge is 2.22. The van der Waals surface area contributed by atoms with Crippen LogP contribution in [0.3, 0.4) is 0 Å². The average molecular weight is 464 g/mol. The number of hydrogen-bond donors (Lipinski definition) is 1. The first-order valence-corrected chi connectivity index (χ1v) is 10.9. The summed E-state index contributed by atoms with van der Waals surface area (Å²) in [6, 6.07) is 9.64. The summed E-state index contributed by atoms with van der Waals surface area (Å²) in [5.74, 6) is 1.63. The molecule has 0 saturated carbocycles. The predicted molar refractivity (Wildman–Crippen MR) is 126 cm³/mol. The fourth-order valence-corrected chi connectivity index (χ4v) is 4.13. The van der Waals surface area contributed by atoms with Gasteiger partial charge in [-0.05, 0) is 54.8 Å². The van der Waals surface area contributed by atoms with Crippen LogP contribution in [0.1, 0.15) is 23.1 Å². The van der Waals surface area contributed by atoms with E-state index in [9.17, 15) is 4.79 Å². The van der Waals surface area contributed by atoms with Crippen molar-refractivity contribution in [3.05, 3.63) is 56.9 Å². The Morgan fingerprint density at radius 1 is 1.13 bits per heavy atom. The molecule has 1 heterocycles. The summed E-state index contributed by atoms with van der Waals surface area (Å²) in [4.78, 5) is 12.4. The van der Waals surface area contributed by atoms with E-state index in [1.54, 1.807) is 25.3 Å². The van der Waals surface area contributed by atoms with Crippen molar-refractivity contribution in [2.45, 2.75) is 20.3 Å². The maximum absolute atomic E-state index is 11.9. The molecule has 8 heteroatoms. The Bertz CT molecular complexity index is 1010. The first-order valence-electron chi connectivity index (χ1n) is 9.32.